The second-order valence-corrected chi connectivity index (χ2v) is 9.06. The third kappa shape index (κ3) is 5.32. The molecular formula is C25H28N6O3. The number of amides is 1. The molecule has 0 atom stereocenters. The molecule has 4 aromatic rings. The number of rotatable bonds is 8. The van der Waals surface area contributed by atoms with Gasteiger partial charge in [0.15, 0.2) is 0 Å². The van der Waals surface area contributed by atoms with Gasteiger partial charge in [0.05, 0.1) is 24.6 Å². The average molecular weight is 461 g/mol. The van der Waals surface area contributed by atoms with Crippen LogP contribution in [0, 0.1) is 5.41 Å². The van der Waals surface area contributed by atoms with E-state index in [4.69, 9.17) is 4.74 Å². The van der Waals surface area contributed by atoms with Gasteiger partial charge < -0.3 is 25.0 Å². The summed E-state index contributed by atoms with van der Waals surface area (Å²) in [7, 11) is 3.44. The van der Waals surface area contributed by atoms with Crippen LogP contribution >= 0.6 is 0 Å². The summed E-state index contributed by atoms with van der Waals surface area (Å²) in [5.41, 5.74) is 3.16. The summed E-state index contributed by atoms with van der Waals surface area (Å²) in [4.78, 5) is 30.2. The average Bonchev–Trinajstić information content (AvgIpc) is 3.26. The summed E-state index contributed by atoms with van der Waals surface area (Å²) in [6.45, 7) is 4.28. The third-order valence-electron chi connectivity index (χ3n) is 5.22. The lowest BCUT2D eigenvalue weighted by Gasteiger charge is -2.21. The largest absolute Gasteiger partial charge is 0.493 e. The fourth-order valence-electron chi connectivity index (χ4n) is 3.22. The number of aromatic amines is 1. The van der Waals surface area contributed by atoms with Crippen LogP contribution < -0.4 is 10.1 Å². The molecule has 0 aliphatic rings. The topological polar surface area (TPSA) is 116 Å². The zero-order valence-corrected chi connectivity index (χ0v) is 19.7. The minimum Gasteiger partial charge on any atom is -0.493 e. The van der Waals surface area contributed by atoms with Crippen LogP contribution in [-0.4, -0.2) is 63.2 Å². The number of nitrogens with zero attached hydrogens (tertiary/aromatic N) is 4. The van der Waals surface area contributed by atoms with Gasteiger partial charge in [0.25, 0.3) is 5.91 Å². The van der Waals surface area contributed by atoms with Crippen LogP contribution in [0.5, 0.6) is 5.75 Å². The van der Waals surface area contributed by atoms with Gasteiger partial charge in [-0.3, -0.25) is 9.78 Å². The minimum atomic E-state index is -0.337. The number of benzene rings is 1. The molecule has 3 aromatic heterocycles. The maximum atomic E-state index is 12.2. The molecule has 1 amide bonds. The molecule has 3 N–H and O–H groups in total. The van der Waals surface area contributed by atoms with Crippen LogP contribution in [0.2, 0.25) is 0 Å². The first kappa shape index (κ1) is 23.2. The van der Waals surface area contributed by atoms with Crippen molar-refractivity contribution in [2.24, 2.45) is 5.41 Å². The lowest BCUT2D eigenvalue weighted by molar-refractivity contribution is 0.0823. The number of anilines is 2. The number of pyridine rings is 1. The van der Waals surface area contributed by atoms with E-state index in [1.54, 1.807) is 38.6 Å². The molecule has 0 fully saturated rings. The van der Waals surface area contributed by atoms with Crippen molar-refractivity contribution in [1.29, 1.82) is 0 Å². The number of hydrogen-bond donors (Lipinski definition) is 3. The smallest absolute Gasteiger partial charge is 0.269 e. The van der Waals surface area contributed by atoms with Crippen LogP contribution in [0.1, 0.15) is 24.3 Å². The Labute approximate surface area is 197 Å². The second-order valence-electron chi connectivity index (χ2n) is 9.06. The molecule has 0 saturated heterocycles. The molecule has 0 radical (unpaired) electrons. The maximum absolute atomic E-state index is 12.2. The van der Waals surface area contributed by atoms with Crippen LogP contribution in [0.25, 0.3) is 22.3 Å². The zero-order chi connectivity index (χ0) is 24.3. The number of carbonyl (C=O) groups excluding carboxylic acids is 1. The Morgan fingerprint density at radius 2 is 1.88 bits per heavy atom. The van der Waals surface area contributed by atoms with E-state index >= 15 is 0 Å². The lowest BCUT2D eigenvalue weighted by Crippen LogP contribution is -2.25. The molecule has 0 aliphatic heterocycles. The highest BCUT2D eigenvalue weighted by Gasteiger charge is 2.18. The highest BCUT2D eigenvalue weighted by Crippen LogP contribution is 2.25. The van der Waals surface area contributed by atoms with Crippen molar-refractivity contribution in [1.82, 2.24) is 24.8 Å². The molecule has 0 saturated carbocycles. The quantitative estimate of drug-likeness (QED) is 0.366. The number of aromatic nitrogens is 4. The zero-order valence-electron chi connectivity index (χ0n) is 19.7. The molecule has 176 valence electrons. The van der Waals surface area contributed by atoms with Gasteiger partial charge in [-0.15, -0.1) is 0 Å². The SMILES string of the molecule is CN(C)C(=O)c1cc2cc(Nc3nccc(-c4cc(OCC(C)(C)CO)ccn4)n3)ccc2[nH]1. The Balaban J connectivity index is 1.52. The third-order valence-corrected chi connectivity index (χ3v) is 5.22. The number of aliphatic hydroxyl groups excluding tert-OH is 1. The molecule has 3 heterocycles. The first-order chi connectivity index (χ1) is 16.2. The first-order valence-corrected chi connectivity index (χ1v) is 10.9. The molecule has 0 unspecified atom stereocenters. The van der Waals surface area contributed by atoms with E-state index in [0.717, 1.165) is 16.6 Å². The molecule has 9 heteroatoms. The summed E-state index contributed by atoms with van der Waals surface area (Å²) in [5, 5.41) is 13.5. The fourth-order valence-corrected chi connectivity index (χ4v) is 3.22. The van der Waals surface area contributed by atoms with E-state index in [-0.39, 0.29) is 17.9 Å². The molecule has 0 spiro atoms. The summed E-state index contributed by atoms with van der Waals surface area (Å²) in [6, 6.07) is 12.9. The number of aliphatic hydroxyl groups is 1. The Hall–Kier alpha value is -3.98. The number of carbonyl (C=O) groups is 1. The van der Waals surface area contributed by atoms with Crippen molar-refractivity contribution in [3.05, 3.63) is 60.6 Å². The number of nitrogens with one attached hydrogen (secondary N) is 2. The van der Waals surface area contributed by atoms with E-state index in [1.807, 2.05) is 44.2 Å². The van der Waals surface area contributed by atoms with Gasteiger partial charge in [-0.2, -0.15) is 0 Å². The lowest BCUT2D eigenvalue weighted by atomic mass is 9.97. The minimum absolute atomic E-state index is 0.0354. The molecular weight excluding hydrogens is 432 g/mol. The number of hydrogen-bond acceptors (Lipinski definition) is 7. The Morgan fingerprint density at radius 3 is 2.65 bits per heavy atom. The van der Waals surface area contributed by atoms with Crippen molar-refractivity contribution in [3.63, 3.8) is 0 Å². The van der Waals surface area contributed by atoms with Crippen LogP contribution in [0.4, 0.5) is 11.6 Å². The summed E-state index contributed by atoms with van der Waals surface area (Å²) in [5.74, 6) is 0.993. The molecule has 9 nitrogen and oxygen atoms in total. The van der Waals surface area contributed by atoms with Gasteiger partial charge in [-0.25, -0.2) is 9.97 Å². The normalized spacial score (nSPS) is 11.4. The predicted octanol–water partition coefficient (Wildman–Crippen LogP) is 3.86. The fraction of sp³-hybridized carbons (Fsp3) is 0.280. The van der Waals surface area contributed by atoms with Crippen LogP contribution in [0.3, 0.4) is 0 Å². The molecule has 4 rings (SSSR count). The number of H-pyrrole nitrogens is 1. The Morgan fingerprint density at radius 1 is 1.09 bits per heavy atom. The van der Waals surface area contributed by atoms with Crippen molar-refractivity contribution in [2.75, 3.05) is 32.6 Å². The molecule has 34 heavy (non-hydrogen) atoms. The molecule has 0 aliphatic carbocycles. The van der Waals surface area contributed by atoms with Gasteiger partial charge in [-0.05, 0) is 36.4 Å². The number of fused-ring (bicyclic) bond motifs is 1. The molecule has 1 aromatic carbocycles. The van der Waals surface area contributed by atoms with E-state index in [2.05, 4.69) is 25.3 Å². The first-order valence-electron chi connectivity index (χ1n) is 10.9. The number of ether oxygens (including phenoxy) is 1. The van der Waals surface area contributed by atoms with Gasteiger partial charge in [0.1, 0.15) is 11.4 Å². The summed E-state index contributed by atoms with van der Waals surface area (Å²) >= 11 is 0. The highest BCUT2D eigenvalue weighted by atomic mass is 16.5. The molecule has 0 bridgehead atoms. The maximum Gasteiger partial charge on any atom is 0.269 e. The Kier molecular flexibility index (Phi) is 6.47. The Bertz CT molecular complexity index is 1320. The van der Waals surface area contributed by atoms with Gasteiger partial charge in [0, 0.05) is 54.6 Å². The van der Waals surface area contributed by atoms with Gasteiger partial charge in [-0.1, -0.05) is 13.8 Å². The monoisotopic (exact) mass is 460 g/mol. The van der Waals surface area contributed by atoms with Crippen LogP contribution in [0.15, 0.2) is 54.9 Å². The van der Waals surface area contributed by atoms with Gasteiger partial charge >= 0.3 is 0 Å². The standard InChI is InChI=1S/C25H28N6O3/c1-25(2,14-32)15-34-18-7-9-26-21(13-18)20-8-10-27-24(30-20)28-17-5-6-19-16(11-17)12-22(29-19)23(33)31(3)4/h5-13,29,32H,14-15H2,1-4H3,(H,27,28,30). The van der Waals surface area contributed by atoms with E-state index < -0.39 is 0 Å². The second kappa shape index (κ2) is 9.48. The van der Waals surface area contributed by atoms with Crippen LogP contribution in [-0.2, 0) is 0 Å². The highest BCUT2D eigenvalue weighted by molar-refractivity contribution is 5.98. The predicted molar refractivity (Wildman–Crippen MR) is 131 cm³/mol. The van der Waals surface area contributed by atoms with E-state index in [1.165, 1.54) is 4.90 Å². The van der Waals surface area contributed by atoms with Crippen molar-refractivity contribution in [2.45, 2.75) is 13.8 Å². The van der Waals surface area contributed by atoms with E-state index in [0.29, 0.717) is 35.4 Å². The van der Waals surface area contributed by atoms with Crippen molar-refractivity contribution >= 4 is 28.4 Å². The summed E-state index contributed by atoms with van der Waals surface area (Å²) in [6.07, 6.45) is 3.33. The van der Waals surface area contributed by atoms with Crippen molar-refractivity contribution in [3.8, 4) is 17.1 Å². The summed E-state index contributed by atoms with van der Waals surface area (Å²) < 4.78 is 5.84. The van der Waals surface area contributed by atoms with Crippen molar-refractivity contribution < 1.29 is 14.6 Å². The van der Waals surface area contributed by atoms with Gasteiger partial charge in [0.2, 0.25) is 5.95 Å². The van der Waals surface area contributed by atoms with E-state index in [9.17, 15) is 9.90 Å².